The average molecular weight is 665 g/mol. The van der Waals surface area contributed by atoms with E-state index < -0.39 is 15.8 Å². The largest absolute Gasteiger partial charge is 0.288 e. The Morgan fingerprint density at radius 1 is 0.354 bits per heavy atom. The minimum absolute atomic E-state index is 0.234. The minimum Gasteiger partial charge on any atom is -0.288 e. The Bertz CT molecular complexity index is 1730. The fraction of sp³-hybridized carbons (Fsp3) is 0.136. The Labute approximate surface area is 288 Å². The first-order chi connectivity index (χ1) is 23.2. The lowest BCUT2D eigenvalue weighted by Crippen LogP contribution is -2.19. The molecule has 0 aliphatic carbocycles. The molecule has 4 heteroatoms. The zero-order chi connectivity index (χ0) is 34.2. The van der Waals surface area contributed by atoms with E-state index in [1.165, 1.54) is 11.1 Å². The highest BCUT2D eigenvalue weighted by Crippen LogP contribution is 2.41. The lowest BCUT2D eigenvalue weighted by molar-refractivity contribution is 0.107. The van der Waals surface area contributed by atoms with Gasteiger partial charge >= 0.3 is 0 Å². The highest BCUT2D eigenvalue weighted by molar-refractivity contribution is 7.88. The topological polar surface area (TPSA) is 34.1 Å². The van der Waals surface area contributed by atoms with Crippen molar-refractivity contribution in [1.29, 1.82) is 0 Å². The number of hydrogen-bond donors (Lipinski definition) is 0. The molecule has 0 heterocycles. The van der Waals surface area contributed by atoms with E-state index in [-0.39, 0.29) is 11.0 Å². The predicted molar refractivity (Wildman–Crippen MR) is 208 cm³/mol. The zero-order valence-electron chi connectivity index (χ0n) is 28.6. The monoisotopic (exact) mass is 664 g/mol. The van der Waals surface area contributed by atoms with Gasteiger partial charge in [0.1, 0.15) is 0 Å². The molecule has 48 heavy (non-hydrogen) atoms. The quantitative estimate of drug-likeness (QED) is 0.152. The third-order valence-corrected chi connectivity index (χ3v) is 12.8. The van der Waals surface area contributed by atoms with E-state index in [0.717, 1.165) is 54.6 Å². The normalized spacial score (nSPS) is 10.8. The number of aryl methyl sites for hydroxylation is 6. The van der Waals surface area contributed by atoms with Gasteiger partial charge in [0.05, 0.1) is 0 Å². The first kappa shape index (κ1) is 34.8. The van der Waals surface area contributed by atoms with Crippen LogP contribution in [0.3, 0.4) is 0 Å². The molecule has 6 aromatic carbocycles. The number of hydrogen-bond acceptors (Lipinski definition) is 2. The molecule has 0 bridgehead atoms. The van der Waals surface area contributed by atoms with Crippen molar-refractivity contribution in [2.24, 2.45) is 0 Å². The molecule has 0 aliphatic rings. The summed E-state index contributed by atoms with van der Waals surface area (Å²) < 4.78 is 0. The van der Waals surface area contributed by atoms with Gasteiger partial charge in [0.15, 0.2) is 11.0 Å². The van der Waals surface area contributed by atoms with Gasteiger partial charge in [0.2, 0.25) is 0 Å². The van der Waals surface area contributed by atoms with Crippen molar-refractivity contribution < 1.29 is 9.59 Å². The summed E-state index contributed by atoms with van der Waals surface area (Å²) in [6.45, 7) is 12.3. The Hall–Kier alpha value is -4.48. The van der Waals surface area contributed by atoms with E-state index in [4.69, 9.17) is 0 Å². The molecule has 240 valence electrons. The second-order valence-corrected chi connectivity index (χ2v) is 16.4. The summed E-state index contributed by atoms with van der Waals surface area (Å²) in [7, 11) is -2.14. The molecular formula is C44H42O2P2. The van der Waals surface area contributed by atoms with Gasteiger partial charge < -0.3 is 0 Å². The van der Waals surface area contributed by atoms with E-state index in [9.17, 15) is 9.59 Å². The van der Waals surface area contributed by atoms with Crippen molar-refractivity contribution in [2.75, 3.05) is 0 Å². The molecule has 0 amide bonds. The lowest BCUT2D eigenvalue weighted by atomic mass is 10.0. The Kier molecular flexibility index (Phi) is 11.7. The van der Waals surface area contributed by atoms with Crippen LogP contribution >= 0.6 is 15.8 Å². The summed E-state index contributed by atoms with van der Waals surface area (Å²) in [5, 5.41) is 4.40. The third-order valence-electron chi connectivity index (χ3n) is 8.25. The first-order valence-electron chi connectivity index (χ1n) is 16.2. The summed E-state index contributed by atoms with van der Waals surface area (Å²) in [5.41, 5.74) is 8.88. The van der Waals surface area contributed by atoms with Crippen molar-refractivity contribution in [2.45, 2.75) is 41.5 Å². The third kappa shape index (κ3) is 8.14. The fourth-order valence-corrected chi connectivity index (χ4v) is 10.9. The first-order valence-corrected chi connectivity index (χ1v) is 18.9. The molecule has 6 aromatic rings. The van der Waals surface area contributed by atoms with E-state index in [1.807, 2.05) is 100 Å². The molecule has 6 rings (SSSR count). The number of rotatable bonds is 8. The van der Waals surface area contributed by atoms with Crippen LogP contribution < -0.4 is 21.2 Å². The van der Waals surface area contributed by atoms with E-state index in [0.29, 0.717) is 0 Å². The van der Waals surface area contributed by atoms with Crippen molar-refractivity contribution in [3.63, 3.8) is 0 Å². The highest BCUT2D eigenvalue weighted by Gasteiger charge is 2.27. The highest BCUT2D eigenvalue weighted by atomic mass is 31.1. The molecule has 0 unspecified atom stereocenters. The molecule has 2 nitrogen and oxygen atoms in total. The van der Waals surface area contributed by atoms with Gasteiger partial charge in [0, 0.05) is 27.0 Å². The lowest BCUT2D eigenvalue weighted by Gasteiger charge is -2.20. The van der Waals surface area contributed by atoms with E-state index >= 15 is 0 Å². The van der Waals surface area contributed by atoms with Crippen LogP contribution in [0.4, 0.5) is 0 Å². The SMILES string of the molecule is Cc1cc(C)c(C(=O)P(c2ccccc2)c2ccccc2)c(C)c1.Cc1cc(C)c(C(=O)P(c2ccccc2)c2ccccc2)c(C)c1. The maximum atomic E-state index is 13.5. The maximum absolute atomic E-state index is 13.5. The van der Waals surface area contributed by atoms with Crippen LogP contribution in [0, 0.1) is 41.5 Å². The molecule has 0 saturated carbocycles. The van der Waals surface area contributed by atoms with Crippen LogP contribution in [0.2, 0.25) is 0 Å². The predicted octanol–water partition coefficient (Wildman–Crippen LogP) is 9.77. The molecular weight excluding hydrogens is 622 g/mol. The minimum atomic E-state index is -1.07. The standard InChI is InChI=1S/2C22H21OP/c2*1-16-14-17(2)21(18(3)15-16)22(23)24(19-10-6-4-7-11-19)20-12-8-5-9-13-20/h2*4-15H,1-3H3. The smallest absolute Gasteiger partial charge is 0.193 e. The van der Waals surface area contributed by atoms with Crippen LogP contribution in [0.5, 0.6) is 0 Å². The van der Waals surface area contributed by atoms with Crippen LogP contribution in [-0.4, -0.2) is 11.0 Å². The van der Waals surface area contributed by atoms with Crippen LogP contribution in [-0.2, 0) is 0 Å². The van der Waals surface area contributed by atoms with Crippen LogP contribution in [0.1, 0.15) is 54.1 Å². The number of carbonyl (C=O) groups is 2. The Morgan fingerprint density at radius 2 is 0.562 bits per heavy atom. The van der Waals surface area contributed by atoms with Crippen LogP contribution in [0.15, 0.2) is 146 Å². The molecule has 0 fully saturated rings. The van der Waals surface area contributed by atoms with Gasteiger partial charge in [-0.05, 0) is 85.0 Å². The summed E-state index contributed by atoms with van der Waals surface area (Å²) in [4.78, 5) is 27.1. The summed E-state index contributed by atoms with van der Waals surface area (Å²) in [5.74, 6) is 0. The van der Waals surface area contributed by atoms with Crippen molar-refractivity contribution in [3.8, 4) is 0 Å². The average Bonchev–Trinajstić information content (AvgIpc) is 3.06. The second kappa shape index (κ2) is 16.1. The van der Waals surface area contributed by atoms with Gasteiger partial charge in [-0.25, -0.2) is 0 Å². The van der Waals surface area contributed by atoms with E-state index in [1.54, 1.807) is 0 Å². The Morgan fingerprint density at radius 3 is 0.771 bits per heavy atom. The second-order valence-electron chi connectivity index (χ2n) is 12.2. The summed E-state index contributed by atoms with van der Waals surface area (Å²) >= 11 is 0. The molecule has 0 saturated heterocycles. The summed E-state index contributed by atoms with van der Waals surface area (Å²) in [6, 6.07) is 49.0. The van der Waals surface area contributed by atoms with Crippen molar-refractivity contribution in [1.82, 2.24) is 0 Å². The maximum Gasteiger partial charge on any atom is 0.193 e. The van der Waals surface area contributed by atoms with E-state index in [2.05, 4.69) is 86.6 Å². The van der Waals surface area contributed by atoms with Gasteiger partial charge in [-0.15, -0.1) is 0 Å². The zero-order valence-corrected chi connectivity index (χ0v) is 30.4. The van der Waals surface area contributed by atoms with Gasteiger partial charge in [-0.3, -0.25) is 9.59 Å². The van der Waals surface area contributed by atoms with Crippen molar-refractivity contribution >= 4 is 48.1 Å². The molecule has 0 aliphatic heterocycles. The number of carbonyl (C=O) groups excluding carboxylic acids is 2. The van der Waals surface area contributed by atoms with Crippen LogP contribution in [0.25, 0.3) is 0 Å². The molecule has 0 spiro atoms. The van der Waals surface area contributed by atoms with Gasteiger partial charge in [0.25, 0.3) is 0 Å². The van der Waals surface area contributed by atoms with Gasteiger partial charge in [-0.1, -0.05) is 157 Å². The number of benzene rings is 6. The molecule has 0 radical (unpaired) electrons. The molecule has 0 aromatic heterocycles. The molecule has 0 N–H and O–H groups in total. The Balaban J connectivity index is 0.000000188. The van der Waals surface area contributed by atoms with Crippen molar-refractivity contribution in [3.05, 3.63) is 190 Å². The molecule has 0 atom stereocenters. The van der Waals surface area contributed by atoms with Gasteiger partial charge in [-0.2, -0.15) is 0 Å². The summed E-state index contributed by atoms with van der Waals surface area (Å²) in [6.07, 6.45) is 0. The fourth-order valence-electron chi connectivity index (χ4n) is 6.33.